The number of hydrogen-bond donors (Lipinski definition) is 1. The van der Waals surface area contributed by atoms with Gasteiger partial charge >= 0.3 is 5.97 Å². The first-order chi connectivity index (χ1) is 9.49. The van der Waals surface area contributed by atoms with Crippen LogP contribution in [0, 0.1) is 0 Å². The van der Waals surface area contributed by atoms with Gasteiger partial charge in [-0.15, -0.1) is 0 Å². The molecule has 2 rings (SSSR count). The summed E-state index contributed by atoms with van der Waals surface area (Å²) in [4.78, 5) is 10.9. The number of carbonyl (C=O) groups is 1. The molecule has 1 N–H and O–H groups in total. The molecule has 0 atom stereocenters. The molecule has 20 heavy (non-hydrogen) atoms. The highest BCUT2D eigenvalue weighted by molar-refractivity contribution is 9.10. The molecule has 104 valence electrons. The van der Waals surface area contributed by atoms with Crippen molar-refractivity contribution in [3.8, 4) is 11.5 Å². The van der Waals surface area contributed by atoms with Crippen molar-refractivity contribution in [2.24, 2.45) is 0 Å². The van der Waals surface area contributed by atoms with Crippen LogP contribution < -0.4 is 4.74 Å². The van der Waals surface area contributed by atoms with Crippen molar-refractivity contribution in [3.05, 3.63) is 58.1 Å². The van der Waals surface area contributed by atoms with Crippen molar-refractivity contribution in [1.82, 2.24) is 0 Å². The van der Waals surface area contributed by atoms with E-state index >= 15 is 0 Å². The standard InChI is InChI=1S/C16H15BrO3/c1-10(2)12-5-3-4-6-14(12)20-15-8-7-11(16(18)19)9-13(15)17/h3-10H,1-2H3,(H,18,19). The lowest BCUT2D eigenvalue weighted by molar-refractivity contribution is 0.0697. The topological polar surface area (TPSA) is 46.5 Å². The normalized spacial score (nSPS) is 10.6. The van der Waals surface area contributed by atoms with E-state index in [-0.39, 0.29) is 5.56 Å². The summed E-state index contributed by atoms with van der Waals surface area (Å²) in [7, 11) is 0. The van der Waals surface area contributed by atoms with Gasteiger partial charge in [0, 0.05) is 0 Å². The summed E-state index contributed by atoms with van der Waals surface area (Å²) in [6.45, 7) is 4.20. The molecule has 0 aliphatic carbocycles. The second-order valence-electron chi connectivity index (χ2n) is 4.74. The first-order valence-electron chi connectivity index (χ1n) is 6.28. The molecule has 2 aromatic carbocycles. The number of benzene rings is 2. The summed E-state index contributed by atoms with van der Waals surface area (Å²) in [5.74, 6) is 0.775. The molecule has 0 radical (unpaired) electrons. The van der Waals surface area contributed by atoms with Gasteiger partial charge in [-0.3, -0.25) is 0 Å². The Bertz CT molecular complexity index is 635. The van der Waals surface area contributed by atoms with Gasteiger partial charge in [-0.25, -0.2) is 4.79 Å². The van der Waals surface area contributed by atoms with Gasteiger partial charge in [0.05, 0.1) is 10.0 Å². The van der Waals surface area contributed by atoms with Gasteiger partial charge in [0.25, 0.3) is 0 Å². The van der Waals surface area contributed by atoms with Crippen molar-refractivity contribution in [2.45, 2.75) is 19.8 Å². The Kier molecular flexibility index (Phi) is 4.45. The Morgan fingerprint density at radius 2 is 1.85 bits per heavy atom. The number of rotatable bonds is 4. The average Bonchev–Trinajstić information content (AvgIpc) is 2.41. The Balaban J connectivity index is 2.33. The van der Waals surface area contributed by atoms with Crippen molar-refractivity contribution in [3.63, 3.8) is 0 Å². The minimum Gasteiger partial charge on any atom is -0.478 e. The third kappa shape index (κ3) is 3.20. The molecule has 0 bridgehead atoms. The van der Waals surface area contributed by atoms with Crippen LogP contribution in [0.5, 0.6) is 11.5 Å². The Hall–Kier alpha value is -1.81. The summed E-state index contributed by atoms with van der Waals surface area (Å²) in [5, 5.41) is 8.95. The molecule has 0 amide bonds. The zero-order chi connectivity index (χ0) is 14.7. The summed E-state index contributed by atoms with van der Waals surface area (Å²) < 4.78 is 6.52. The summed E-state index contributed by atoms with van der Waals surface area (Å²) in [6.07, 6.45) is 0. The highest BCUT2D eigenvalue weighted by Crippen LogP contribution is 2.34. The van der Waals surface area contributed by atoms with E-state index in [0.717, 1.165) is 11.3 Å². The predicted molar refractivity (Wildman–Crippen MR) is 81.7 cm³/mol. The van der Waals surface area contributed by atoms with Crippen LogP contribution in [0.25, 0.3) is 0 Å². The molecule has 0 aromatic heterocycles. The lowest BCUT2D eigenvalue weighted by atomic mass is 10.0. The number of para-hydroxylation sites is 1. The van der Waals surface area contributed by atoms with Crippen molar-refractivity contribution in [1.29, 1.82) is 0 Å². The number of ether oxygens (including phenoxy) is 1. The number of carboxylic acid groups (broad SMARTS) is 1. The quantitative estimate of drug-likeness (QED) is 0.849. The minimum absolute atomic E-state index is 0.223. The second-order valence-corrected chi connectivity index (χ2v) is 5.60. The van der Waals surface area contributed by atoms with Crippen LogP contribution in [-0.4, -0.2) is 11.1 Å². The maximum absolute atomic E-state index is 10.9. The van der Waals surface area contributed by atoms with E-state index in [0.29, 0.717) is 16.1 Å². The molecule has 0 fully saturated rings. The van der Waals surface area contributed by atoms with E-state index < -0.39 is 5.97 Å². The number of carboxylic acids is 1. The van der Waals surface area contributed by atoms with Gasteiger partial charge < -0.3 is 9.84 Å². The fraction of sp³-hybridized carbons (Fsp3) is 0.188. The SMILES string of the molecule is CC(C)c1ccccc1Oc1ccc(C(=O)O)cc1Br. The van der Waals surface area contributed by atoms with Crippen LogP contribution in [0.15, 0.2) is 46.9 Å². The maximum atomic E-state index is 10.9. The summed E-state index contributed by atoms with van der Waals surface area (Å²) in [5.41, 5.74) is 1.34. The molecule has 0 saturated heterocycles. The molecule has 0 unspecified atom stereocenters. The Labute approximate surface area is 126 Å². The third-order valence-electron chi connectivity index (χ3n) is 2.94. The smallest absolute Gasteiger partial charge is 0.335 e. The Morgan fingerprint density at radius 1 is 1.15 bits per heavy atom. The molecule has 0 heterocycles. The fourth-order valence-corrected chi connectivity index (χ4v) is 2.35. The van der Waals surface area contributed by atoms with Crippen LogP contribution in [0.4, 0.5) is 0 Å². The van der Waals surface area contributed by atoms with Crippen LogP contribution in [0.1, 0.15) is 35.7 Å². The zero-order valence-corrected chi connectivity index (χ0v) is 12.8. The first kappa shape index (κ1) is 14.6. The largest absolute Gasteiger partial charge is 0.478 e. The molecule has 3 nitrogen and oxygen atoms in total. The lowest BCUT2D eigenvalue weighted by Crippen LogP contribution is -1.97. The number of halogens is 1. The van der Waals surface area contributed by atoms with E-state index in [1.807, 2.05) is 24.3 Å². The van der Waals surface area contributed by atoms with E-state index in [4.69, 9.17) is 9.84 Å². The average molecular weight is 335 g/mol. The second kappa shape index (κ2) is 6.09. The van der Waals surface area contributed by atoms with Crippen LogP contribution >= 0.6 is 15.9 Å². The molecule has 0 saturated carbocycles. The number of aromatic carboxylic acids is 1. The van der Waals surface area contributed by atoms with E-state index in [2.05, 4.69) is 29.8 Å². The Morgan fingerprint density at radius 3 is 2.45 bits per heavy atom. The molecule has 0 aliphatic heterocycles. The highest BCUT2D eigenvalue weighted by Gasteiger charge is 2.11. The van der Waals surface area contributed by atoms with E-state index in [1.54, 1.807) is 6.07 Å². The maximum Gasteiger partial charge on any atom is 0.335 e. The minimum atomic E-state index is -0.958. The highest BCUT2D eigenvalue weighted by atomic mass is 79.9. The van der Waals surface area contributed by atoms with E-state index in [1.165, 1.54) is 12.1 Å². The summed E-state index contributed by atoms with van der Waals surface area (Å²) >= 11 is 3.35. The summed E-state index contributed by atoms with van der Waals surface area (Å²) in [6, 6.07) is 12.6. The number of hydrogen-bond acceptors (Lipinski definition) is 2. The van der Waals surface area contributed by atoms with Gasteiger partial charge in [0.1, 0.15) is 11.5 Å². The molecule has 4 heteroatoms. The van der Waals surface area contributed by atoms with E-state index in [9.17, 15) is 4.79 Å². The fourth-order valence-electron chi connectivity index (χ4n) is 1.89. The van der Waals surface area contributed by atoms with Gasteiger partial charge in [0.15, 0.2) is 0 Å². The molecular formula is C16H15BrO3. The van der Waals surface area contributed by atoms with Gasteiger partial charge in [-0.1, -0.05) is 32.0 Å². The van der Waals surface area contributed by atoms with Gasteiger partial charge in [-0.05, 0) is 51.7 Å². The van der Waals surface area contributed by atoms with Gasteiger partial charge in [-0.2, -0.15) is 0 Å². The molecular weight excluding hydrogens is 320 g/mol. The van der Waals surface area contributed by atoms with Crippen LogP contribution in [0.3, 0.4) is 0 Å². The molecule has 0 spiro atoms. The third-order valence-corrected chi connectivity index (χ3v) is 3.56. The van der Waals surface area contributed by atoms with Crippen LogP contribution in [-0.2, 0) is 0 Å². The lowest BCUT2D eigenvalue weighted by Gasteiger charge is -2.14. The van der Waals surface area contributed by atoms with Crippen molar-refractivity contribution < 1.29 is 14.6 Å². The van der Waals surface area contributed by atoms with Crippen molar-refractivity contribution in [2.75, 3.05) is 0 Å². The predicted octanol–water partition coefficient (Wildman–Crippen LogP) is 5.06. The first-order valence-corrected chi connectivity index (χ1v) is 7.08. The molecule has 2 aromatic rings. The van der Waals surface area contributed by atoms with Crippen LogP contribution in [0.2, 0.25) is 0 Å². The molecule has 0 aliphatic rings. The van der Waals surface area contributed by atoms with Crippen molar-refractivity contribution >= 4 is 21.9 Å². The zero-order valence-electron chi connectivity index (χ0n) is 11.3. The monoisotopic (exact) mass is 334 g/mol. The van der Waals surface area contributed by atoms with Gasteiger partial charge in [0.2, 0.25) is 0 Å².